The molecule has 2 aromatic rings. The standard InChI is InChI=1S/C18H18BrNO4S/c1-2-25(22,23)17-6-4-3-5-13(17)18(21)20-15-9-10-24-16-8-7-12(19)11-14(15)16/h3-8,11,15H,2,9-10H2,1H3,(H,20,21). The molecule has 0 saturated heterocycles. The third-order valence-corrected chi connectivity index (χ3v) is 6.44. The maximum absolute atomic E-state index is 12.8. The zero-order valence-electron chi connectivity index (χ0n) is 13.7. The topological polar surface area (TPSA) is 72.5 Å². The fourth-order valence-electron chi connectivity index (χ4n) is 2.83. The van der Waals surface area contributed by atoms with Crippen LogP contribution in [0.1, 0.15) is 35.3 Å². The molecule has 3 rings (SSSR count). The maximum Gasteiger partial charge on any atom is 0.253 e. The van der Waals surface area contributed by atoms with Crippen LogP contribution >= 0.6 is 15.9 Å². The summed E-state index contributed by atoms with van der Waals surface area (Å²) < 4.78 is 31.0. The molecule has 0 radical (unpaired) electrons. The van der Waals surface area contributed by atoms with Crippen molar-refractivity contribution >= 4 is 31.7 Å². The summed E-state index contributed by atoms with van der Waals surface area (Å²) in [4.78, 5) is 12.8. The first-order valence-electron chi connectivity index (χ1n) is 7.97. The normalized spacial score (nSPS) is 16.6. The van der Waals surface area contributed by atoms with Crippen molar-refractivity contribution in [3.8, 4) is 5.75 Å². The summed E-state index contributed by atoms with van der Waals surface area (Å²) in [6.07, 6.45) is 0.623. The van der Waals surface area contributed by atoms with Crippen molar-refractivity contribution in [3.63, 3.8) is 0 Å². The molecule has 1 unspecified atom stereocenters. The van der Waals surface area contributed by atoms with E-state index in [1.165, 1.54) is 6.07 Å². The van der Waals surface area contributed by atoms with Gasteiger partial charge in [-0.2, -0.15) is 0 Å². The van der Waals surface area contributed by atoms with Crippen LogP contribution in [-0.2, 0) is 9.84 Å². The van der Waals surface area contributed by atoms with Crippen LogP contribution in [0.3, 0.4) is 0 Å². The Labute approximate surface area is 155 Å². The van der Waals surface area contributed by atoms with Gasteiger partial charge in [0.05, 0.1) is 28.9 Å². The van der Waals surface area contributed by atoms with Crippen molar-refractivity contribution in [2.75, 3.05) is 12.4 Å². The van der Waals surface area contributed by atoms with Gasteiger partial charge in [0.1, 0.15) is 5.75 Å². The Bertz CT molecular complexity index is 911. The summed E-state index contributed by atoms with van der Waals surface area (Å²) in [5.74, 6) is 0.282. The predicted octanol–water partition coefficient (Wildman–Crippen LogP) is 3.50. The summed E-state index contributed by atoms with van der Waals surface area (Å²) >= 11 is 3.43. The SMILES string of the molecule is CCS(=O)(=O)c1ccccc1C(=O)NC1CCOc2ccc(Br)cc21. The molecular formula is C18H18BrNO4S. The van der Waals surface area contributed by atoms with Gasteiger partial charge in [0.2, 0.25) is 0 Å². The molecule has 5 nitrogen and oxygen atoms in total. The Hall–Kier alpha value is -1.86. The van der Waals surface area contributed by atoms with Crippen molar-refractivity contribution in [1.82, 2.24) is 5.32 Å². The molecular weight excluding hydrogens is 406 g/mol. The fraction of sp³-hybridized carbons (Fsp3) is 0.278. The van der Waals surface area contributed by atoms with E-state index in [1.54, 1.807) is 25.1 Å². The Balaban J connectivity index is 1.92. The predicted molar refractivity (Wildman–Crippen MR) is 98.6 cm³/mol. The van der Waals surface area contributed by atoms with Crippen molar-refractivity contribution in [2.24, 2.45) is 0 Å². The molecule has 25 heavy (non-hydrogen) atoms. The van der Waals surface area contributed by atoms with Crippen molar-refractivity contribution in [2.45, 2.75) is 24.3 Å². The van der Waals surface area contributed by atoms with E-state index in [9.17, 15) is 13.2 Å². The van der Waals surface area contributed by atoms with Gasteiger partial charge in [-0.3, -0.25) is 4.79 Å². The van der Waals surface area contributed by atoms with Gasteiger partial charge in [-0.25, -0.2) is 8.42 Å². The number of amides is 1. The Morgan fingerprint density at radius 2 is 2.04 bits per heavy atom. The van der Waals surface area contributed by atoms with Crippen LogP contribution < -0.4 is 10.1 Å². The van der Waals surface area contributed by atoms with E-state index >= 15 is 0 Å². The molecule has 1 aliphatic heterocycles. The lowest BCUT2D eigenvalue weighted by atomic mass is 10.00. The molecule has 1 aliphatic rings. The molecule has 132 valence electrons. The molecule has 0 aromatic heterocycles. The van der Waals surface area contributed by atoms with E-state index in [-0.39, 0.29) is 22.3 Å². The van der Waals surface area contributed by atoms with Crippen LogP contribution in [0.25, 0.3) is 0 Å². The highest BCUT2D eigenvalue weighted by Crippen LogP contribution is 2.34. The summed E-state index contributed by atoms with van der Waals surface area (Å²) in [5, 5.41) is 2.95. The first-order chi connectivity index (χ1) is 11.9. The van der Waals surface area contributed by atoms with Crippen LogP contribution in [0.15, 0.2) is 51.8 Å². The zero-order valence-corrected chi connectivity index (χ0v) is 16.1. The average Bonchev–Trinajstić information content (AvgIpc) is 2.62. The highest BCUT2D eigenvalue weighted by molar-refractivity contribution is 9.10. The van der Waals surface area contributed by atoms with E-state index in [1.807, 2.05) is 18.2 Å². The quantitative estimate of drug-likeness (QED) is 0.816. The van der Waals surface area contributed by atoms with E-state index < -0.39 is 15.7 Å². The number of benzene rings is 2. The van der Waals surface area contributed by atoms with E-state index in [2.05, 4.69) is 21.2 Å². The van der Waals surface area contributed by atoms with Gasteiger partial charge in [0.25, 0.3) is 5.91 Å². The average molecular weight is 424 g/mol. The van der Waals surface area contributed by atoms with Gasteiger partial charge in [-0.05, 0) is 30.3 Å². The number of carbonyl (C=O) groups is 1. The minimum Gasteiger partial charge on any atom is -0.493 e. The van der Waals surface area contributed by atoms with Crippen molar-refractivity contribution in [1.29, 1.82) is 0 Å². The first kappa shape index (κ1) is 17.9. The van der Waals surface area contributed by atoms with Crippen LogP contribution in [0.4, 0.5) is 0 Å². The number of carbonyl (C=O) groups excluding carboxylic acids is 1. The number of fused-ring (bicyclic) bond motifs is 1. The monoisotopic (exact) mass is 423 g/mol. The molecule has 1 N–H and O–H groups in total. The largest absolute Gasteiger partial charge is 0.493 e. The molecule has 0 saturated carbocycles. The second-order valence-electron chi connectivity index (χ2n) is 5.74. The second kappa shape index (κ2) is 7.17. The molecule has 1 atom stereocenters. The lowest BCUT2D eigenvalue weighted by Gasteiger charge is -2.27. The summed E-state index contributed by atoms with van der Waals surface area (Å²) in [6, 6.07) is 11.7. The lowest BCUT2D eigenvalue weighted by Crippen LogP contribution is -2.33. The van der Waals surface area contributed by atoms with Crippen LogP contribution in [0, 0.1) is 0 Å². The second-order valence-corrected chi connectivity index (χ2v) is 8.91. The zero-order chi connectivity index (χ0) is 18.0. The maximum atomic E-state index is 12.8. The molecule has 1 amide bonds. The summed E-state index contributed by atoms with van der Waals surface area (Å²) in [5.41, 5.74) is 1.05. The molecule has 7 heteroatoms. The van der Waals surface area contributed by atoms with Crippen molar-refractivity contribution in [3.05, 3.63) is 58.1 Å². The molecule has 0 fully saturated rings. The molecule has 1 heterocycles. The third kappa shape index (κ3) is 3.72. The molecule has 0 spiro atoms. The fourth-order valence-corrected chi connectivity index (χ4v) is 4.30. The van der Waals surface area contributed by atoms with Gasteiger partial charge in [0.15, 0.2) is 9.84 Å². The van der Waals surface area contributed by atoms with E-state index in [0.717, 1.165) is 15.8 Å². The number of hydrogen-bond donors (Lipinski definition) is 1. The molecule has 2 aromatic carbocycles. The first-order valence-corrected chi connectivity index (χ1v) is 10.4. The number of nitrogens with one attached hydrogen (secondary N) is 1. The lowest BCUT2D eigenvalue weighted by molar-refractivity contribution is 0.0921. The van der Waals surface area contributed by atoms with E-state index in [0.29, 0.717) is 13.0 Å². The van der Waals surface area contributed by atoms with E-state index in [4.69, 9.17) is 4.74 Å². The third-order valence-electron chi connectivity index (χ3n) is 4.16. The smallest absolute Gasteiger partial charge is 0.253 e. The number of hydrogen-bond acceptors (Lipinski definition) is 4. The van der Waals surface area contributed by atoms with Crippen LogP contribution in [0.5, 0.6) is 5.75 Å². The van der Waals surface area contributed by atoms with Crippen LogP contribution in [-0.4, -0.2) is 26.7 Å². The number of ether oxygens (including phenoxy) is 1. The van der Waals surface area contributed by atoms with Gasteiger partial charge in [-0.1, -0.05) is 35.0 Å². The minimum absolute atomic E-state index is 0.0512. The van der Waals surface area contributed by atoms with Gasteiger partial charge in [-0.15, -0.1) is 0 Å². The number of sulfone groups is 1. The van der Waals surface area contributed by atoms with Gasteiger partial charge in [0, 0.05) is 16.5 Å². The Kier molecular flexibility index (Phi) is 5.15. The Morgan fingerprint density at radius 3 is 2.80 bits per heavy atom. The number of halogens is 1. The summed E-state index contributed by atoms with van der Waals surface area (Å²) in [7, 11) is -3.47. The van der Waals surface area contributed by atoms with Gasteiger partial charge < -0.3 is 10.1 Å². The van der Waals surface area contributed by atoms with Crippen molar-refractivity contribution < 1.29 is 17.9 Å². The van der Waals surface area contributed by atoms with Crippen LogP contribution in [0.2, 0.25) is 0 Å². The minimum atomic E-state index is -3.47. The number of rotatable bonds is 4. The van der Waals surface area contributed by atoms with Gasteiger partial charge >= 0.3 is 0 Å². The Morgan fingerprint density at radius 1 is 1.28 bits per heavy atom. The highest BCUT2D eigenvalue weighted by atomic mass is 79.9. The highest BCUT2D eigenvalue weighted by Gasteiger charge is 2.26. The summed E-state index contributed by atoms with van der Waals surface area (Å²) in [6.45, 7) is 2.06. The molecule has 0 bridgehead atoms. The molecule has 0 aliphatic carbocycles.